The number of aliphatic carboxylic acids is 1. The number of carboxylic acids is 1. The van der Waals surface area contributed by atoms with Gasteiger partial charge in [0.05, 0.1) is 6.54 Å². The maximum atomic E-state index is 10.9. The smallest absolute Gasteiger partial charge is 0.317 e. The van der Waals surface area contributed by atoms with E-state index in [9.17, 15) is 4.79 Å². The van der Waals surface area contributed by atoms with Gasteiger partial charge in [-0.15, -0.1) is 0 Å². The molecule has 0 aromatic heterocycles. The summed E-state index contributed by atoms with van der Waals surface area (Å²) in [7, 11) is 1.93. The van der Waals surface area contributed by atoms with Crippen molar-refractivity contribution in [3.63, 3.8) is 0 Å². The Hall–Kier alpha value is -1.39. The Morgan fingerprint density at radius 3 is 2.86 bits per heavy atom. The van der Waals surface area contributed by atoms with Crippen LogP contribution >= 0.6 is 0 Å². The summed E-state index contributed by atoms with van der Waals surface area (Å²) >= 11 is 0. The molecule has 1 N–H and O–H groups in total. The average molecular weight is 304 g/mol. The molecule has 0 radical (unpaired) electrons. The van der Waals surface area contributed by atoms with Crippen LogP contribution in [0.1, 0.15) is 43.4 Å². The molecule has 1 fully saturated rings. The van der Waals surface area contributed by atoms with Gasteiger partial charge in [0.15, 0.2) is 0 Å². The molecular weight excluding hydrogens is 276 g/mol. The van der Waals surface area contributed by atoms with Crippen molar-refractivity contribution in [3.8, 4) is 0 Å². The molecule has 122 valence electrons. The van der Waals surface area contributed by atoms with E-state index >= 15 is 0 Å². The Morgan fingerprint density at radius 1 is 1.41 bits per heavy atom. The summed E-state index contributed by atoms with van der Waals surface area (Å²) < 4.78 is 0. The topological polar surface area (TPSA) is 43.8 Å². The predicted molar refractivity (Wildman–Crippen MR) is 89.1 cm³/mol. The van der Waals surface area contributed by atoms with Crippen LogP contribution in [0.25, 0.3) is 0 Å². The van der Waals surface area contributed by atoms with E-state index in [0.29, 0.717) is 12.1 Å². The van der Waals surface area contributed by atoms with Crippen molar-refractivity contribution in [3.05, 3.63) is 35.4 Å². The largest absolute Gasteiger partial charge is 0.480 e. The van der Waals surface area contributed by atoms with Crippen molar-refractivity contribution in [2.24, 2.45) is 0 Å². The molecule has 22 heavy (non-hydrogen) atoms. The molecule has 0 bridgehead atoms. The second-order valence-corrected chi connectivity index (χ2v) is 6.52. The van der Waals surface area contributed by atoms with E-state index in [0.717, 1.165) is 32.4 Å². The number of hydrogen-bond donors (Lipinski definition) is 1. The second-order valence-electron chi connectivity index (χ2n) is 6.52. The fourth-order valence-corrected chi connectivity index (χ4v) is 3.41. The highest BCUT2D eigenvalue weighted by molar-refractivity contribution is 5.69. The summed E-state index contributed by atoms with van der Waals surface area (Å²) in [5.41, 5.74) is 2.68. The van der Waals surface area contributed by atoms with E-state index in [2.05, 4.69) is 43.0 Å². The third-order valence-electron chi connectivity index (χ3n) is 4.81. The summed E-state index contributed by atoms with van der Waals surface area (Å²) in [6.45, 7) is 6.67. The van der Waals surface area contributed by atoms with Gasteiger partial charge in [0.1, 0.15) is 0 Å². The van der Waals surface area contributed by atoms with E-state index in [1.54, 1.807) is 0 Å². The highest BCUT2D eigenvalue weighted by atomic mass is 16.4. The number of aryl methyl sites for hydroxylation is 1. The van der Waals surface area contributed by atoms with E-state index in [1.165, 1.54) is 11.1 Å². The van der Waals surface area contributed by atoms with Crippen LogP contribution in [0, 0.1) is 6.92 Å². The Bertz CT molecular complexity index is 504. The molecule has 1 aliphatic rings. The third-order valence-corrected chi connectivity index (χ3v) is 4.81. The van der Waals surface area contributed by atoms with Crippen molar-refractivity contribution in [2.75, 3.05) is 26.7 Å². The van der Waals surface area contributed by atoms with Gasteiger partial charge >= 0.3 is 5.97 Å². The minimum Gasteiger partial charge on any atom is -0.480 e. The Labute approximate surface area is 133 Å². The monoisotopic (exact) mass is 304 g/mol. The molecule has 1 heterocycles. The van der Waals surface area contributed by atoms with Crippen LogP contribution < -0.4 is 0 Å². The summed E-state index contributed by atoms with van der Waals surface area (Å²) in [5.74, 6) is -0.739. The zero-order valence-corrected chi connectivity index (χ0v) is 14.0. The van der Waals surface area contributed by atoms with Gasteiger partial charge in [-0.1, -0.05) is 29.8 Å². The highest BCUT2D eigenvalue weighted by Gasteiger charge is 2.24. The molecule has 2 unspecified atom stereocenters. The third kappa shape index (κ3) is 4.55. The van der Waals surface area contributed by atoms with Crippen LogP contribution in [0.2, 0.25) is 0 Å². The lowest BCUT2D eigenvalue weighted by Crippen LogP contribution is -2.36. The normalized spacial score (nSPS) is 21.5. The van der Waals surface area contributed by atoms with Gasteiger partial charge < -0.3 is 5.11 Å². The van der Waals surface area contributed by atoms with Crippen molar-refractivity contribution in [2.45, 2.75) is 45.2 Å². The summed E-state index contributed by atoms with van der Waals surface area (Å²) in [6.07, 6.45) is 3.26. The number of nitrogens with zero attached hydrogens (tertiary/aromatic N) is 2. The summed E-state index contributed by atoms with van der Waals surface area (Å²) in [4.78, 5) is 15.4. The van der Waals surface area contributed by atoms with Gasteiger partial charge in [-0.25, -0.2) is 0 Å². The number of likely N-dealkylation sites (N-methyl/N-ethyl adjacent to an activating group) is 1. The minimum atomic E-state index is -0.739. The maximum Gasteiger partial charge on any atom is 0.317 e. The molecule has 1 saturated heterocycles. The summed E-state index contributed by atoms with van der Waals surface area (Å²) in [6, 6.07) is 9.53. The van der Waals surface area contributed by atoms with E-state index in [4.69, 9.17) is 5.11 Å². The van der Waals surface area contributed by atoms with Gasteiger partial charge in [-0.05, 0) is 52.3 Å². The minimum absolute atomic E-state index is 0.137. The van der Waals surface area contributed by atoms with Crippen LogP contribution in [0.4, 0.5) is 0 Å². The van der Waals surface area contributed by atoms with Gasteiger partial charge in [-0.3, -0.25) is 14.6 Å². The molecule has 1 aromatic carbocycles. The van der Waals surface area contributed by atoms with Crippen molar-refractivity contribution < 1.29 is 9.90 Å². The van der Waals surface area contributed by atoms with Crippen molar-refractivity contribution in [1.29, 1.82) is 0 Å². The molecule has 4 heteroatoms. The Balaban J connectivity index is 1.96. The number of rotatable bonds is 5. The predicted octanol–water partition coefficient (Wildman–Crippen LogP) is 2.93. The molecule has 4 nitrogen and oxygen atoms in total. The van der Waals surface area contributed by atoms with Crippen LogP contribution in [0.5, 0.6) is 0 Å². The van der Waals surface area contributed by atoms with E-state index < -0.39 is 5.97 Å². The molecule has 0 saturated carbocycles. The van der Waals surface area contributed by atoms with Gasteiger partial charge in [0, 0.05) is 18.6 Å². The number of carbonyl (C=O) groups is 1. The number of likely N-dealkylation sites (tertiary alicyclic amines) is 1. The lowest BCUT2D eigenvalue weighted by atomic mass is 10.0. The zero-order valence-electron chi connectivity index (χ0n) is 14.0. The van der Waals surface area contributed by atoms with Gasteiger partial charge in [0.25, 0.3) is 0 Å². The fourth-order valence-electron chi connectivity index (χ4n) is 3.41. The average Bonchev–Trinajstić information content (AvgIpc) is 2.71. The van der Waals surface area contributed by atoms with Gasteiger partial charge in [-0.2, -0.15) is 0 Å². The van der Waals surface area contributed by atoms with Crippen LogP contribution in [-0.2, 0) is 4.79 Å². The van der Waals surface area contributed by atoms with Crippen LogP contribution in [0.15, 0.2) is 24.3 Å². The SMILES string of the molecule is Cc1cccc(C(C)N2CCCC(N(C)CC(=O)O)CC2)c1. The standard InChI is InChI=1S/C18H28N2O2/c1-14-6-4-7-16(12-14)15(2)20-10-5-8-17(9-11-20)19(3)13-18(21)22/h4,6-7,12,15,17H,5,8-11,13H2,1-3H3,(H,21,22). The number of benzene rings is 1. The quantitative estimate of drug-likeness (QED) is 0.908. The molecule has 2 rings (SSSR count). The van der Waals surface area contributed by atoms with Crippen LogP contribution in [0.3, 0.4) is 0 Å². The number of hydrogen-bond acceptors (Lipinski definition) is 3. The molecular formula is C18H28N2O2. The molecule has 0 amide bonds. The van der Waals surface area contributed by atoms with Crippen LogP contribution in [-0.4, -0.2) is 53.6 Å². The highest BCUT2D eigenvalue weighted by Crippen LogP contribution is 2.25. The molecule has 0 spiro atoms. The maximum absolute atomic E-state index is 10.9. The van der Waals surface area contributed by atoms with Gasteiger partial charge in [0.2, 0.25) is 0 Å². The van der Waals surface area contributed by atoms with E-state index in [-0.39, 0.29) is 6.54 Å². The summed E-state index contributed by atoms with van der Waals surface area (Å²) in [5, 5.41) is 8.95. The molecule has 1 aromatic rings. The Kier molecular flexibility index (Phi) is 5.98. The van der Waals surface area contributed by atoms with E-state index in [1.807, 2.05) is 11.9 Å². The lowest BCUT2D eigenvalue weighted by molar-refractivity contribution is -0.138. The fraction of sp³-hybridized carbons (Fsp3) is 0.611. The first-order valence-electron chi connectivity index (χ1n) is 8.20. The number of carboxylic acid groups (broad SMARTS) is 1. The Morgan fingerprint density at radius 2 is 2.18 bits per heavy atom. The molecule has 0 aliphatic carbocycles. The first-order chi connectivity index (χ1) is 10.5. The first-order valence-corrected chi connectivity index (χ1v) is 8.20. The lowest BCUT2D eigenvalue weighted by Gasteiger charge is -2.29. The van der Waals surface area contributed by atoms with Crippen molar-refractivity contribution >= 4 is 5.97 Å². The van der Waals surface area contributed by atoms with Crippen molar-refractivity contribution in [1.82, 2.24) is 9.80 Å². The molecule has 1 aliphatic heterocycles. The molecule has 2 atom stereocenters. The first kappa shape index (κ1) is 17.0. The second kappa shape index (κ2) is 7.75. The zero-order chi connectivity index (χ0) is 16.1.